The molecule has 0 atom stereocenters. The third-order valence-corrected chi connectivity index (χ3v) is 3.60. The highest BCUT2D eigenvalue weighted by Crippen LogP contribution is 2.18. The van der Waals surface area contributed by atoms with Crippen LogP contribution in [-0.4, -0.2) is 25.2 Å². The minimum Gasteiger partial charge on any atom is -0.492 e. The van der Waals surface area contributed by atoms with Gasteiger partial charge in [-0.3, -0.25) is 0 Å². The van der Waals surface area contributed by atoms with Gasteiger partial charge in [0.1, 0.15) is 17.3 Å². The van der Waals surface area contributed by atoms with Crippen LogP contribution in [0.1, 0.15) is 11.1 Å². The minimum absolute atomic E-state index is 0.404. The van der Waals surface area contributed by atoms with Crippen LogP contribution >= 0.6 is 12.2 Å². The first-order valence-electron chi connectivity index (χ1n) is 6.87. The van der Waals surface area contributed by atoms with Crippen LogP contribution in [-0.2, 0) is 0 Å². The number of hydrogen-bond donors (Lipinski definition) is 1. The van der Waals surface area contributed by atoms with Gasteiger partial charge in [-0.1, -0.05) is 30.4 Å². The van der Waals surface area contributed by atoms with Gasteiger partial charge >= 0.3 is 0 Å². The van der Waals surface area contributed by atoms with E-state index >= 15 is 0 Å². The topological polar surface area (TPSA) is 38.5 Å². The van der Waals surface area contributed by atoms with Gasteiger partial charge in [-0.05, 0) is 42.8 Å². The Morgan fingerprint density at radius 2 is 1.81 bits per heavy atom. The molecule has 0 aliphatic heterocycles. The molecule has 4 heteroatoms. The Labute approximate surface area is 131 Å². The normalized spacial score (nSPS) is 10.2. The van der Waals surface area contributed by atoms with E-state index in [2.05, 4.69) is 31.0 Å². The molecule has 0 saturated carbocycles. The Morgan fingerprint density at radius 1 is 1.14 bits per heavy atom. The molecule has 0 unspecified atom stereocenters. The molecule has 2 aromatic rings. The van der Waals surface area contributed by atoms with Crippen molar-refractivity contribution < 1.29 is 4.74 Å². The first kappa shape index (κ1) is 15.3. The van der Waals surface area contributed by atoms with E-state index in [4.69, 9.17) is 22.7 Å². The molecule has 0 amide bonds. The lowest BCUT2D eigenvalue weighted by atomic mass is 10.2. The predicted octanol–water partition coefficient (Wildman–Crippen LogP) is 3.14. The zero-order valence-corrected chi connectivity index (χ0v) is 13.2. The maximum atomic E-state index is 5.75. The van der Waals surface area contributed by atoms with Gasteiger partial charge in [-0.15, -0.1) is 0 Å². The van der Waals surface area contributed by atoms with Gasteiger partial charge in [0, 0.05) is 18.3 Å². The molecule has 0 radical (unpaired) electrons. The van der Waals surface area contributed by atoms with Gasteiger partial charge in [0.05, 0.1) is 6.54 Å². The lowest BCUT2D eigenvalue weighted by Gasteiger charge is -2.21. The lowest BCUT2D eigenvalue weighted by molar-refractivity contribution is 0.326. The molecule has 2 N–H and O–H groups in total. The summed E-state index contributed by atoms with van der Waals surface area (Å²) in [6.07, 6.45) is 0. The van der Waals surface area contributed by atoms with E-state index in [0.717, 1.165) is 17.9 Å². The van der Waals surface area contributed by atoms with E-state index in [1.165, 1.54) is 11.3 Å². The number of anilines is 1. The molecule has 110 valence electrons. The van der Waals surface area contributed by atoms with Gasteiger partial charge < -0.3 is 15.4 Å². The molecule has 0 bridgehead atoms. The summed E-state index contributed by atoms with van der Waals surface area (Å²) in [5, 5.41) is 0. The molecule has 3 nitrogen and oxygen atoms in total. The molecule has 2 rings (SSSR count). The Hall–Kier alpha value is -2.07. The van der Waals surface area contributed by atoms with E-state index in [-0.39, 0.29) is 0 Å². The van der Waals surface area contributed by atoms with Crippen LogP contribution in [0.4, 0.5) is 5.69 Å². The molecule has 0 aliphatic rings. The fourth-order valence-corrected chi connectivity index (χ4v) is 2.26. The maximum absolute atomic E-state index is 5.75. The highest BCUT2D eigenvalue weighted by atomic mass is 32.1. The average molecular weight is 300 g/mol. The molecule has 0 heterocycles. The van der Waals surface area contributed by atoms with Crippen LogP contribution in [0.5, 0.6) is 5.75 Å². The molecule has 0 spiro atoms. The fourth-order valence-electron chi connectivity index (χ4n) is 2.13. The summed E-state index contributed by atoms with van der Waals surface area (Å²) in [6, 6.07) is 15.9. The van der Waals surface area contributed by atoms with Crippen molar-refractivity contribution in [1.29, 1.82) is 0 Å². The number of aryl methyl sites for hydroxylation is 1. The Bertz CT molecular complexity index is 610. The highest BCUT2D eigenvalue weighted by molar-refractivity contribution is 7.80. The molecule has 2 aromatic carbocycles. The van der Waals surface area contributed by atoms with Gasteiger partial charge in [0.15, 0.2) is 0 Å². The molecular weight excluding hydrogens is 280 g/mol. The number of thiocarbonyl (C=S) groups is 1. The molecule has 0 aliphatic carbocycles. The van der Waals surface area contributed by atoms with Gasteiger partial charge in [0.2, 0.25) is 0 Å². The SMILES string of the molecule is Cc1ccccc1N(C)CCOc1ccc(C(N)=S)cc1. The third kappa shape index (κ3) is 4.20. The van der Waals surface area contributed by atoms with Crippen molar-refractivity contribution in [3.05, 3.63) is 59.7 Å². The quantitative estimate of drug-likeness (QED) is 0.832. The van der Waals surface area contributed by atoms with Crippen LogP contribution in [0.2, 0.25) is 0 Å². The summed E-state index contributed by atoms with van der Waals surface area (Å²) in [6.45, 7) is 3.56. The van der Waals surface area contributed by atoms with Crippen molar-refractivity contribution in [3.63, 3.8) is 0 Å². The number of nitrogens with two attached hydrogens (primary N) is 1. The van der Waals surface area contributed by atoms with Crippen LogP contribution in [0.25, 0.3) is 0 Å². The van der Waals surface area contributed by atoms with Crippen LogP contribution < -0.4 is 15.4 Å². The highest BCUT2D eigenvalue weighted by Gasteiger charge is 2.04. The summed E-state index contributed by atoms with van der Waals surface area (Å²) in [5.41, 5.74) is 8.91. The first-order valence-corrected chi connectivity index (χ1v) is 7.28. The summed E-state index contributed by atoms with van der Waals surface area (Å²) >= 11 is 4.92. The van der Waals surface area contributed by atoms with E-state index in [0.29, 0.717) is 11.6 Å². The van der Waals surface area contributed by atoms with E-state index in [1.807, 2.05) is 36.4 Å². The van der Waals surface area contributed by atoms with E-state index < -0.39 is 0 Å². The van der Waals surface area contributed by atoms with E-state index in [1.54, 1.807) is 0 Å². The number of nitrogens with zero attached hydrogens (tertiary/aromatic N) is 1. The molecule has 21 heavy (non-hydrogen) atoms. The van der Waals surface area contributed by atoms with Crippen molar-refractivity contribution in [2.24, 2.45) is 5.73 Å². The maximum Gasteiger partial charge on any atom is 0.119 e. The van der Waals surface area contributed by atoms with Gasteiger partial charge in [0.25, 0.3) is 0 Å². The van der Waals surface area contributed by atoms with Crippen molar-refractivity contribution >= 4 is 22.9 Å². The zero-order chi connectivity index (χ0) is 15.2. The lowest BCUT2D eigenvalue weighted by Crippen LogP contribution is -2.24. The van der Waals surface area contributed by atoms with E-state index in [9.17, 15) is 0 Å². The number of para-hydroxylation sites is 1. The minimum atomic E-state index is 0.404. The van der Waals surface area contributed by atoms with Crippen LogP contribution in [0, 0.1) is 6.92 Å². The second-order valence-corrected chi connectivity index (χ2v) is 5.38. The number of benzene rings is 2. The summed E-state index contributed by atoms with van der Waals surface area (Å²) < 4.78 is 5.75. The second-order valence-electron chi connectivity index (χ2n) is 4.95. The summed E-state index contributed by atoms with van der Waals surface area (Å²) in [5.74, 6) is 0.827. The van der Waals surface area contributed by atoms with Crippen LogP contribution in [0.15, 0.2) is 48.5 Å². The molecule has 0 fully saturated rings. The molecule has 0 saturated heterocycles. The van der Waals surface area contributed by atoms with Crippen molar-refractivity contribution in [1.82, 2.24) is 0 Å². The molecule has 0 aromatic heterocycles. The Balaban J connectivity index is 1.86. The van der Waals surface area contributed by atoms with Crippen LogP contribution in [0.3, 0.4) is 0 Å². The predicted molar refractivity (Wildman–Crippen MR) is 92.3 cm³/mol. The third-order valence-electron chi connectivity index (χ3n) is 3.36. The fraction of sp³-hybridized carbons (Fsp3) is 0.235. The van der Waals surface area contributed by atoms with Crippen molar-refractivity contribution in [2.45, 2.75) is 6.92 Å². The van der Waals surface area contributed by atoms with Crippen molar-refractivity contribution in [2.75, 3.05) is 25.1 Å². The smallest absolute Gasteiger partial charge is 0.119 e. The zero-order valence-electron chi connectivity index (χ0n) is 12.4. The Morgan fingerprint density at radius 3 is 2.43 bits per heavy atom. The largest absolute Gasteiger partial charge is 0.492 e. The summed E-state index contributed by atoms with van der Waals surface area (Å²) in [7, 11) is 2.07. The number of rotatable bonds is 6. The number of hydrogen-bond acceptors (Lipinski definition) is 3. The number of likely N-dealkylation sites (N-methyl/N-ethyl adjacent to an activating group) is 1. The average Bonchev–Trinajstić information content (AvgIpc) is 2.48. The number of ether oxygens (including phenoxy) is 1. The van der Waals surface area contributed by atoms with Gasteiger partial charge in [-0.2, -0.15) is 0 Å². The summed E-state index contributed by atoms with van der Waals surface area (Å²) in [4.78, 5) is 2.60. The second kappa shape index (κ2) is 7.09. The van der Waals surface area contributed by atoms with Gasteiger partial charge in [-0.25, -0.2) is 0 Å². The van der Waals surface area contributed by atoms with Crippen molar-refractivity contribution in [3.8, 4) is 5.75 Å². The monoisotopic (exact) mass is 300 g/mol. The first-order chi connectivity index (χ1) is 10.1. The standard InChI is InChI=1S/C17H20N2OS/c1-13-5-3-4-6-16(13)19(2)11-12-20-15-9-7-14(8-10-15)17(18)21/h3-10H,11-12H2,1-2H3,(H2,18,21). The molecular formula is C17H20N2OS. The Kier molecular flexibility index (Phi) is 5.17.